The van der Waals surface area contributed by atoms with Crippen molar-refractivity contribution in [2.24, 2.45) is 0 Å². The van der Waals surface area contributed by atoms with E-state index in [1.54, 1.807) is 6.20 Å². The second kappa shape index (κ2) is 6.93. The lowest BCUT2D eigenvalue weighted by Crippen LogP contribution is -2.32. The van der Waals surface area contributed by atoms with Gasteiger partial charge in [-0.3, -0.25) is 9.59 Å². The van der Waals surface area contributed by atoms with E-state index in [9.17, 15) is 9.59 Å². The minimum Gasteiger partial charge on any atom is -0.346 e. The highest BCUT2D eigenvalue weighted by molar-refractivity contribution is 5.98. The molecular weight excluding hydrogens is 348 g/mol. The van der Waals surface area contributed by atoms with Crippen LogP contribution in [0.1, 0.15) is 57.6 Å². The van der Waals surface area contributed by atoms with Crippen LogP contribution in [-0.4, -0.2) is 10.5 Å². The maximum Gasteiger partial charge on any atom is 0.257 e. The zero-order chi connectivity index (χ0) is 20.0. The molecule has 4 heteroatoms. The van der Waals surface area contributed by atoms with Gasteiger partial charge in [0, 0.05) is 18.1 Å². The molecule has 0 spiro atoms. The Hall–Kier alpha value is -2.88. The van der Waals surface area contributed by atoms with Gasteiger partial charge >= 0.3 is 0 Å². The molecule has 1 aliphatic rings. The molecule has 0 fully saturated rings. The summed E-state index contributed by atoms with van der Waals surface area (Å²) in [5.74, 6) is -0.309. The topological polar surface area (TPSA) is 51.1 Å². The normalized spacial score (nSPS) is 14.1. The van der Waals surface area contributed by atoms with Crippen molar-refractivity contribution >= 4 is 16.8 Å². The molecule has 1 aromatic heterocycles. The standard InChI is InChI=1S/C24H26N2O2/c1-14-11-16(3)20(12-15(14)2)17(4)25-24(28)21-13-26-10-6-8-18-7-5-9-19(22(18)26)23(21)27/h5,7,9,11-13,17H,6,8,10H2,1-4H3,(H,25,28)/t17-/m0/s1. The number of nitrogens with zero attached hydrogens (tertiary/aromatic N) is 1. The fourth-order valence-corrected chi connectivity index (χ4v) is 4.32. The molecule has 4 rings (SSSR count). The lowest BCUT2D eigenvalue weighted by Gasteiger charge is -2.22. The number of carbonyl (C=O) groups is 1. The van der Waals surface area contributed by atoms with E-state index in [-0.39, 0.29) is 22.9 Å². The molecule has 0 aliphatic carbocycles. The van der Waals surface area contributed by atoms with Gasteiger partial charge in [0.05, 0.1) is 11.6 Å². The average Bonchev–Trinajstić information content (AvgIpc) is 2.67. The molecule has 1 atom stereocenters. The summed E-state index contributed by atoms with van der Waals surface area (Å²) in [6.07, 6.45) is 3.74. The van der Waals surface area contributed by atoms with Crippen LogP contribution >= 0.6 is 0 Å². The van der Waals surface area contributed by atoms with Crippen molar-refractivity contribution in [3.05, 3.63) is 80.1 Å². The van der Waals surface area contributed by atoms with Gasteiger partial charge in [-0.05, 0) is 74.4 Å². The van der Waals surface area contributed by atoms with E-state index in [0.717, 1.165) is 36.0 Å². The van der Waals surface area contributed by atoms with Crippen molar-refractivity contribution in [3.63, 3.8) is 0 Å². The third-order valence-corrected chi connectivity index (χ3v) is 5.97. The zero-order valence-corrected chi connectivity index (χ0v) is 16.9. The molecule has 28 heavy (non-hydrogen) atoms. The summed E-state index contributed by atoms with van der Waals surface area (Å²) in [5.41, 5.74) is 6.87. The highest BCUT2D eigenvalue weighted by atomic mass is 16.2. The van der Waals surface area contributed by atoms with Crippen LogP contribution in [-0.2, 0) is 13.0 Å². The van der Waals surface area contributed by atoms with E-state index in [2.05, 4.69) is 48.9 Å². The highest BCUT2D eigenvalue weighted by Crippen LogP contribution is 2.24. The first kappa shape index (κ1) is 18.5. The van der Waals surface area contributed by atoms with Crippen molar-refractivity contribution < 1.29 is 4.79 Å². The summed E-state index contributed by atoms with van der Waals surface area (Å²) in [4.78, 5) is 26.0. The van der Waals surface area contributed by atoms with Crippen molar-refractivity contribution in [1.29, 1.82) is 0 Å². The van der Waals surface area contributed by atoms with Crippen LogP contribution in [0.25, 0.3) is 10.9 Å². The van der Waals surface area contributed by atoms with Gasteiger partial charge in [0.1, 0.15) is 5.56 Å². The van der Waals surface area contributed by atoms with E-state index in [1.165, 1.54) is 16.7 Å². The van der Waals surface area contributed by atoms with Gasteiger partial charge in [-0.2, -0.15) is 0 Å². The molecule has 2 aromatic carbocycles. The van der Waals surface area contributed by atoms with E-state index >= 15 is 0 Å². The second-order valence-corrected chi connectivity index (χ2v) is 7.97. The fourth-order valence-electron chi connectivity index (χ4n) is 4.32. The number of pyridine rings is 1. The number of rotatable bonds is 3. The van der Waals surface area contributed by atoms with Crippen molar-refractivity contribution in [1.82, 2.24) is 9.88 Å². The summed E-state index contributed by atoms with van der Waals surface area (Å²) >= 11 is 0. The SMILES string of the molecule is Cc1cc(C)c([C@H](C)NC(=O)c2cn3c4c(cccc4c2=O)CCC3)cc1C. The third-order valence-electron chi connectivity index (χ3n) is 5.97. The first-order chi connectivity index (χ1) is 13.4. The Bertz CT molecular complexity index is 1160. The molecule has 1 aliphatic heterocycles. The quantitative estimate of drug-likeness (QED) is 0.740. The van der Waals surface area contributed by atoms with Gasteiger partial charge in [-0.25, -0.2) is 0 Å². The number of nitrogens with one attached hydrogen (secondary N) is 1. The minimum absolute atomic E-state index is 0.172. The predicted octanol–water partition coefficient (Wildman–Crippen LogP) is 4.36. The van der Waals surface area contributed by atoms with E-state index in [4.69, 9.17) is 0 Å². The van der Waals surface area contributed by atoms with Crippen LogP contribution < -0.4 is 10.7 Å². The van der Waals surface area contributed by atoms with Gasteiger partial charge in [0.25, 0.3) is 5.91 Å². The third kappa shape index (κ3) is 3.03. The number of para-hydroxylation sites is 1. The fraction of sp³-hybridized carbons (Fsp3) is 0.333. The first-order valence-corrected chi connectivity index (χ1v) is 9.90. The molecule has 1 N–H and O–H groups in total. The monoisotopic (exact) mass is 374 g/mol. The number of hydrogen-bond donors (Lipinski definition) is 1. The van der Waals surface area contributed by atoms with Crippen LogP contribution in [0, 0.1) is 20.8 Å². The Morgan fingerprint density at radius 1 is 1.11 bits per heavy atom. The number of carbonyl (C=O) groups excluding carboxylic acids is 1. The van der Waals surface area contributed by atoms with Gasteiger partial charge in [0.2, 0.25) is 5.43 Å². The van der Waals surface area contributed by atoms with Gasteiger partial charge in [0.15, 0.2) is 0 Å². The van der Waals surface area contributed by atoms with E-state index < -0.39 is 0 Å². The van der Waals surface area contributed by atoms with Gasteiger partial charge in [-0.15, -0.1) is 0 Å². The summed E-state index contributed by atoms with van der Waals surface area (Å²) in [5, 5.41) is 3.68. The summed E-state index contributed by atoms with van der Waals surface area (Å²) in [6, 6.07) is 9.91. The van der Waals surface area contributed by atoms with Crippen LogP contribution in [0.4, 0.5) is 0 Å². The molecule has 0 saturated carbocycles. The van der Waals surface area contributed by atoms with E-state index in [1.807, 2.05) is 19.1 Å². The minimum atomic E-state index is -0.309. The number of aryl methyl sites for hydroxylation is 5. The lowest BCUT2D eigenvalue weighted by atomic mass is 9.96. The molecule has 0 bridgehead atoms. The number of benzene rings is 2. The predicted molar refractivity (Wildman–Crippen MR) is 113 cm³/mol. The summed E-state index contributed by atoms with van der Waals surface area (Å²) < 4.78 is 2.07. The lowest BCUT2D eigenvalue weighted by molar-refractivity contribution is 0.0938. The van der Waals surface area contributed by atoms with Crippen molar-refractivity contribution in [2.45, 2.75) is 53.1 Å². The van der Waals surface area contributed by atoms with Crippen molar-refractivity contribution in [3.8, 4) is 0 Å². The van der Waals surface area contributed by atoms with Crippen molar-refractivity contribution in [2.75, 3.05) is 0 Å². The maximum atomic E-state index is 13.0. The number of amides is 1. The zero-order valence-electron chi connectivity index (χ0n) is 16.9. The van der Waals surface area contributed by atoms with Crippen LogP contribution in [0.2, 0.25) is 0 Å². The van der Waals surface area contributed by atoms with Crippen LogP contribution in [0.3, 0.4) is 0 Å². The maximum absolute atomic E-state index is 13.0. The smallest absolute Gasteiger partial charge is 0.257 e. The average molecular weight is 374 g/mol. The molecule has 144 valence electrons. The molecule has 0 saturated heterocycles. The first-order valence-electron chi connectivity index (χ1n) is 9.90. The van der Waals surface area contributed by atoms with Gasteiger partial charge < -0.3 is 9.88 Å². The van der Waals surface area contributed by atoms with Crippen LogP contribution in [0.15, 0.2) is 41.3 Å². The second-order valence-electron chi connectivity index (χ2n) is 7.97. The number of aromatic nitrogens is 1. The van der Waals surface area contributed by atoms with Crippen LogP contribution in [0.5, 0.6) is 0 Å². The van der Waals surface area contributed by atoms with E-state index in [0.29, 0.717) is 5.39 Å². The molecule has 2 heterocycles. The Kier molecular flexibility index (Phi) is 4.58. The molecular formula is C24H26N2O2. The highest BCUT2D eigenvalue weighted by Gasteiger charge is 2.21. The molecule has 1 amide bonds. The molecule has 3 aromatic rings. The Morgan fingerprint density at radius 2 is 1.86 bits per heavy atom. The Morgan fingerprint density at radius 3 is 2.64 bits per heavy atom. The Balaban J connectivity index is 1.71. The number of hydrogen-bond acceptors (Lipinski definition) is 2. The summed E-state index contributed by atoms with van der Waals surface area (Å²) in [6.45, 7) is 9.02. The molecule has 0 unspecified atom stereocenters. The molecule has 0 radical (unpaired) electrons. The largest absolute Gasteiger partial charge is 0.346 e. The Labute approximate surface area is 165 Å². The summed E-state index contributed by atoms with van der Waals surface area (Å²) in [7, 11) is 0. The van der Waals surface area contributed by atoms with Gasteiger partial charge in [-0.1, -0.05) is 24.3 Å². The molecule has 4 nitrogen and oxygen atoms in total.